The predicted octanol–water partition coefficient (Wildman–Crippen LogP) is 11.5. The third kappa shape index (κ3) is 15.0. The lowest BCUT2D eigenvalue weighted by molar-refractivity contribution is -0.120. The molecule has 1 aromatic carbocycles. The van der Waals surface area contributed by atoms with Crippen LogP contribution in [0.1, 0.15) is 138 Å². The first kappa shape index (κ1) is 57.9. The van der Waals surface area contributed by atoms with Gasteiger partial charge in [-0.05, 0) is 108 Å². The number of ketones is 1. The number of hydrogen-bond donors (Lipinski definition) is 3. The normalized spacial score (nSPS) is 14.5. The van der Waals surface area contributed by atoms with E-state index in [0.717, 1.165) is 97.2 Å². The van der Waals surface area contributed by atoms with Gasteiger partial charge in [-0.2, -0.15) is 0 Å². The van der Waals surface area contributed by atoms with E-state index < -0.39 is 6.04 Å². The number of aryl methyl sites for hydroxylation is 1. The summed E-state index contributed by atoms with van der Waals surface area (Å²) in [5, 5.41) is 4.84. The van der Waals surface area contributed by atoms with E-state index in [2.05, 4.69) is 154 Å². The number of hydrogen-bond acceptors (Lipinski definition) is 10. The molecule has 0 radical (unpaired) electrons. The maximum absolute atomic E-state index is 14.2. The van der Waals surface area contributed by atoms with Gasteiger partial charge in [0.2, 0.25) is 0 Å². The lowest BCUT2D eigenvalue weighted by Gasteiger charge is -2.49. The van der Waals surface area contributed by atoms with E-state index in [-0.39, 0.29) is 35.3 Å². The lowest BCUT2D eigenvalue weighted by atomic mass is 9.80. The van der Waals surface area contributed by atoms with Gasteiger partial charge in [0.1, 0.15) is 0 Å². The molecular formula is C58H89N9O2. The number of likely N-dealkylation sites (N-methyl/N-ethyl adjacent to an activating group) is 2. The van der Waals surface area contributed by atoms with Crippen molar-refractivity contribution in [3.8, 4) is 23.1 Å². The maximum atomic E-state index is 14.2. The molecule has 0 spiro atoms. The van der Waals surface area contributed by atoms with Gasteiger partial charge in [-0.25, -0.2) is 0 Å². The summed E-state index contributed by atoms with van der Waals surface area (Å²) in [7, 11) is 5.89. The van der Waals surface area contributed by atoms with E-state index in [4.69, 9.17) is 20.6 Å². The molecule has 11 heteroatoms. The van der Waals surface area contributed by atoms with E-state index in [0.29, 0.717) is 19.4 Å². The van der Waals surface area contributed by atoms with Crippen molar-refractivity contribution in [1.82, 2.24) is 35.0 Å². The number of nitrogens with one attached hydrogen (secondary N) is 2. The highest BCUT2D eigenvalue weighted by Crippen LogP contribution is 2.42. The fourth-order valence-corrected chi connectivity index (χ4v) is 9.46. The van der Waals surface area contributed by atoms with Crippen LogP contribution in [0.3, 0.4) is 0 Å². The van der Waals surface area contributed by atoms with Crippen molar-refractivity contribution in [2.24, 2.45) is 22.2 Å². The molecule has 1 saturated heterocycles. The number of likely N-dealkylation sites (tertiary alicyclic amines) is 1. The molecule has 4 N–H and O–H groups in total. The van der Waals surface area contributed by atoms with Gasteiger partial charge >= 0.3 is 0 Å². The number of benzene rings is 1. The molecule has 3 heterocycles. The van der Waals surface area contributed by atoms with Gasteiger partial charge in [0.25, 0.3) is 0 Å². The molecule has 0 bridgehead atoms. The highest BCUT2D eigenvalue weighted by molar-refractivity contribution is 5.97. The minimum Gasteiger partial charge on any atom is -0.377 e. The van der Waals surface area contributed by atoms with Crippen molar-refractivity contribution < 1.29 is 9.53 Å². The number of allylic oxidation sites excluding steroid dienone is 3. The first-order valence-corrected chi connectivity index (χ1v) is 25.3. The number of aliphatic imine (C=N–C) groups is 1. The molecule has 1 fully saturated rings. The number of nitrogens with two attached hydrogens (primary N) is 1. The van der Waals surface area contributed by atoms with Crippen molar-refractivity contribution in [3.63, 3.8) is 0 Å². The molecule has 3 aromatic rings. The van der Waals surface area contributed by atoms with Crippen LogP contribution in [0.15, 0.2) is 97.2 Å². The zero-order valence-corrected chi connectivity index (χ0v) is 45.2. The predicted molar refractivity (Wildman–Crippen MR) is 294 cm³/mol. The number of pyridine rings is 1. The van der Waals surface area contributed by atoms with Crippen LogP contribution in [0.25, 0.3) is 27.9 Å². The summed E-state index contributed by atoms with van der Waals surface area (Å²) in [6.07, 6.45) is 11.0. The van der Waals surface area contributed by atoms with Crippen molar-refractivity contribution in [2.75, 3.05) is 40.8 Å². The molecule has 69 heavy (non-hydrogen) atoms. The van der Waals surface area contributed by atoms with Crippen molar-refractivity contribution in [1.29, 1.82) is 0 Å². The lowest BCUT2D eigenvalue weighted by Crippen LogP contribution is -2.59. The van der Waals surface area contributed by atoms with Crippen LogP contribution in [0.2, 0.25) is 0 Å². The van der Waals surface area contributed by atoms with Crippen LogP contribution < -0.4 is 16.6 Å². The van der Waals surface area contributed by atoms with Gasteiger partial charge in [-0.15, -0.1) is 6.58 Å². The maximum Gasteiger partial charge on any atom is 0.155 e. The van der Waals surface area contributed by atoms with Crippen LogP contribution in [-0.2, 0) is 22.5 Å². The summed E-state index contributed by atoms with van der Waals surface area (Å²) in [6, 6.07) is 10.6. The largest absolute Gasteiger partial charge is 0.377 e. The number of rotatable bonds is 28. The zero-order chi connectivity index (χ0) is 51.6. The number of fused-ring (bicyclic) bond motifs is 1. The topological polar surface area (TPSA) is 116 Å². The molecule has 11 nitrogen and oxygen atoms in total. The number of aromatic nitrogens is 2. The van der Waals surface area contributed by atoms with E-state index in [1.165, 1.54) is 22.2 Å². The van der Waals surface area contributed by atoms with Gasteiger partial charge in [0, 0.05) is 99.9 Å². The molecule has 4 rings (SSSR count). The minimum atomic E-state index is -0.525. The molecule has 3 unspecified atom stereocenters. The van der Waals surface area contributed by atoms with Crippen LogP contribution >= 0.6 is 0 Å². The molecule has 0 saturated carbocycles. The van der Waals surface area contributed by atoms with Gasteiger partial charge in [0.15, 0.2) is 5.78 Å². The number of nitrogens with zero attached hydrogens (tertiary/aromatic N) is 6. The van der Waals surface area contributed by atoms with E-state index in [9.17, 15) is 4.79 Å². The van der Waals surface area contributed by atoms with Crippen molar-refractivity contribution >= 4 is 28.1 Å². The Labute approximate surface area is 418 Å². The molecule has 1 aliphatic heterocycles. The van der Waals surface area contributed by atoms with Gasteiger partial charge < -0.3 is 29.3 Å². The van der Waals surface area contributed by atoms with Gasteiger partial charge in [-0.1, -0.05) is 91.3 Å². The Bertz CT molecular complexity index is 2330. The molecule has 378 valence electrons. The van der Waals surface area contributed by atoms with Crippen LogP contribution in [0, 0.1) is 23.2 Å². The number of carbonyl (C=O) groups is 1. The minimum absolute atomic E-state index is 0.00355. The summed E-state index contributed by atoms with van der Waals surface area (Å²) in [5.41, 5.74) is 12.7. The van der Waals surface area contributed by atoms with Gasteiger partial charge in [-0.3, -0.25) is 26.0 Å². The Morgan fingerprint density at radius 2 is 1.83 bits per heavy atom. The smallest absolute Gasteiger partial charge is 0.155 e. The third-order valence-electron chi connectivity index (χ3n) is 13.4. The first-order chi connectivity index (χ1) is 32.9. The van der Waals surface area contributed by atoms with Gasteiger partial charge in [0.05, 0.1) is 52.8 Å². The molecular weight excluding hydrogens is 855 g/mol. The number of methoxy groups -OCH3 is 1. The number of unbranched alkanes of at least 4 members (excludes halogenated alkanes) is 1. The number of carbonyl (C=O) groups excluding carboxylic acids is 1. The Kier molecular flexibility index (Phi) is 23.2. The van der Waals surface area contributed by atoms with E-state index in [1.807, 2.05) is 53.0 Å². The Morgan fingerprint density at radius 1 is 1.13 bits per heavy atom. The number of ether oxygens (including phenoxy) is 1. The fraction of sp³-hybridized carbons (Fsp3) is 0.534. The average Bonchev–Trinajstić information content (AvgIpc) is 3.61. The summed E-state index contributed by atoms with van der Waals surface area (Å²) < 4.78 is 8.29. The van der Waals surface area contributed by atoms with Crippen molar-refractivity contribution in [3.05, 3.63) is 109 Å². The highest BCUT2D eigenvalue weighted by Gasteiger charge is 2.35. The second-order valence-electron chi connectivity index (χ2n) is 19.3. The number of hydrazine groups is 1. The van der Waals surface area contributed by atoms with Crippen molar-refractivity contribution in [2.45, 2.75) is 152 Å². The first-order valence-electron chi connectivity index (χ1n) is 25.3. The SMILES string of the molecule is C=CCCC(C)(C)Cc1c(-c2cccnc2C(C)OC)n(CC)c2ccc(/C(=C/C)N=C(C)CC(NC(=C)C(C(C)C)N(C)C(=C)N(C)C3CN(C(=C)C#CC)C3)C(=O)CCCCNN)cc12.CC. The molecule has 0 aliphatic carbocycles. The Morgan fingerprint density at radius 3 is 2.42 bits per heavy atom. The molecule has 0 amide bonds. The monoisotopic (exact) mass is 944 g/mol. The number of Topliss-reactive ketones (excluding diaryl/α,β-unsaturated/α-hetero) is 1. The third-order valence-corrected chi connectivity index (χ3v) is 13.4. The Balaban J connectivity index is 0.00000622. The van der Waals surface area contributed by atoms with Crippen LogP contribution in [0.4, 0.5) is 0 Å². The van der Waals surface area contributed by atoms with Crippen LogP contribution in [-0.4, -0.2) is 94.7 Å². The quantitative estimate of drug-likeness (QED) is 0.0163. The average molecular weight is 944 g/mol. The second-order valence-corrected chi connectivity index (χ2v) is 19.3. The Hall–Kier alpha value is -5.41. The summed E-state index contributed by atoms with van der Waals surface area (Å²) in [6.45, 7) is 43.6. The summed E-state index contributed by atoms with van der Waals surface area (Å²) in [4.78, 5) is 30.9. The van der Waals surface area contributed by atoms with Crippen LogP contribution in [0.5, 0.6) is 0 Å². The molecule has 3 atom stereocenters. The highest BCUT2D eigenvalue weighted by atomic mass is 16.5. The summed E-state index contributed by atoms with van der Waals surface area (Å²) >= 11 is 0. The standard InChI is InChI=1S/C56H83N9O2.C2H6/c1-17-21-30-56(12,13)35-48-47-34-44(28-29-51(47)65(20-4)55(48)46-26-24-31-58-53(46)42(10)67-16)49(19-3)60-39(7)33-50(52(66)27-22-23-32-59-57)61-41(9)54(38(5)6)63(15)43(11)62(14)45-36-64(37-45)40(8)25-18-2;1-2/h17,19,24,26,28-29,31,34,38,42,45,50,54,59,61H,1,8-9,11,20-23,27,30,32-33,35-37,57H2,2-7,10,12-16H3;1-2H3/b49-19-,60-39?;. The fourth-order valence-electron chi connectivity index (χ4n) is 9.46. The summed E-state index contributed by atoms with van der Waals surface area (Å²) in [5.74, 6) is 12.8. The van der Waals surface area contributed by atoms with E-state index in [1.54, 1.807) is 7.11 Å². The van der Waals surface area contributed by atoms with E-state index >= 15 is 0 Å². The second kappa shape index (κ2) is 27.7. The molecule has 1 aliphatic rings. The molecule has 2 aromatic heterocycles. The zero-order valence-electron chi connectivity index (χ0n) is 45.2.